The molecule has 32 heavy (non-hydrogen) atoms. The molecule has 2 aromatic heterocycles. The van der Waals surface area contributed by atoms with Crippen LogP contribution < -0.4 is 10.6 Å². The Bertz CT molecular complexity index is 1150. The molecule has 0 unspecified atom stereocenters. The number of nitrogens with one attached hydrogen (secondary N) is 3. The number of hydrogen-bond donors (Lipinski definition) is 3. The maximum atomic E-state index is 5.93. The molecular formula is C23H26ClIN6O. The van der Waals surface area contributed by atoms with Crippen LogP contribution in [0.1, 0.15) is 18.4 Å². The summed E-state index contributed by atoms with van der Waals surface area (Å²) < 4.78 is 5.35. The number of H-pyrrole nitrogens is 1. The number of aromatic nitrogens is 3. The second-order valence-corrected chi connectivity index (χ2v) is 7.50. The Hall–Kier alpha value is -2.59. The van der Waals surface area contributed by atoms with Crippen LogP contribution >= 0.6 is 35.6 Å². The fourth-order valence-corrected chi connectivity index (χ4v) is 3.46. The number of para-hydroxylation sites is 1. The summed E-state index contributed by atoms with van der Waals surface area (Å²) in [6.45, 7) is 4.17. The van der Waals surface area contributed by atoms with Crippen molar-refractivity contribution in [1.82, 2.24) is 25.8 Å². The van der Waals surface area contributed by atoms with E-state index in [9.17, 15) is 0 Å². The molecule has 0 bridgehead atoms. The molecule has 0 aliphatic heterocycles. The zero-order valence-electron chi connectivity index (χ0n) is 17.8. The van der Waals surface area contributed by atoms with E-state index in [1.165, 1.54) is 10.9 Å². The summed E-state index contributed by atoms with van der Waals surface area (Å²) in [5.74, 6) is 1.89. The summed E-state index contributed by atoms with van der Waals surface area (Å²) in [6.07, 6.45) is 3.55. The monoisotopic (exact) mass is 564 g/mol. The fraction of sp³-hybridized carbons (Fsp3) is 0.261. The van der Waals surface area contributed by atoms with Crippen molar-refractivity contribution >= 4 is 52.4 Å². The number of hydrogen-bond acceptors (Lipinski definition) is 4. The molecule has 0 radical (unpaired) electrons. The van der Waals surface area contributed by atoms with Gasteiger partial charge in [-0.2, -0.15) is 4.98 Å². The molecule has 3 N–H and O–H groups in total. The van der Waals surface area contributed by atoms with E-state index < -0.39 is 0 Å². The molecule has 0 saturated carbocycles. The second-order valence-electron chi connectivity index (χ2n) is 7.07. The quantitative estimate of drug-likeness (QED) is 0.162. The molecule has 0 spiro atoms. The Morgan fingerprint density at radius 3 is 2.72 bits per heavy atom. The van der Waals surface area contributed by atoms with Crippen LogP contribution in [0.4, 0.5) is 0 Å². The minimum atomic E-state index is 0. The molecule has 2 aromatic carbocycles. The third-order valence-electron chi connectivity index (χ3n) is 4.87. The van der Waals surface area contributed by atoms with Crippen molar-refractivity contribution in [1.29, 1.82) is 0 Å². The van der Waals surface area contributed by atoms with Gasteiger partial charge in [-0.05, 0) is 49.2 Å². The lowest BCUT2D eigenvalue weighted by molar-refractivity contribution is 0.380. The number of nitrogens with zero attached hydrogens (tertiary/aromatic N) is 3. The van der Waals surface area contributed by atoms with Gasteiger partial charge in [-0.15, -0.1) is 24.0 Å². The van der Waals surface area contributed by atoms with Crippen LogP contribution in [-0.4, -0.2) is 40.7 Å². The number of fused-ring (bicyclic) bond motifs is 1. The zero-order chi connectivity index (χ0) is 21.5. The minimum Gasteiger partial charge on any atom is -0.361 e. The van der Waals surface area contributed by atoms with Crippen LogP contribution in [0.2, 0.25) is 5.02 Å². The molecule has 0 aliphatic carbocycles. The van der Waals surface area contributed by atoms with Gasteiger partial charge in [0.25, 0.3) is 0 Å². The Balaban J connectivity index is 0.00000289. The number of benzene rings is 2. The van der Waals surface area contributed by atoms with Crippen LogP contribution in [0, 0.1) is 0 Å². The number of aromatic amines is 1. The van der Waals surface area contributed by atoms with Gasteiger partial charge >= 0.3 is 0 Å². The topological polar surface area (TPSA) is 91.1 Å². The highest BCUT2D eigenvalue weighted by Gasteiger charge is 2.09. The van der Waals surface area contributed by atoms with Crippen LogP contribution in [0.25, 0.3) is 22.3 Å². The molecule has 9 heteroatoms. The number of guanidine groups is 1. The van der Waals surface area contributed by atoms with Crippen molar-refractivity contribution < 1.29 is 4.52 Å². The molecule has 168 valence electrons. The molecule has 2 heterocycles. The molecular weight excluding hydrogens is 539 g/mol. The highest BCUT2D eigenvalue weighted by atomic mass is 127. The summed E-state index contributed by atoms with van der Waals surface area (Å²) in [7, 11) is 0. The van der Waals surface area contributed by atoms with E-state index in [-0.39, 0.29) is 24.0 Å². The molecule has 0 atom stereocenters. The van der Waals surface area contributed by atoms with Crippen LogP contribution in [0.5, 0.6) is 0 Å². The minimum absolute atomic E-state index is 0. The van der Waals surface area contributed by atoms with Crippen molar-refractivity contribution in [3.8, 4) is 11.4 Å². The van der Waals surface area contributed by atoms with Crippen molar-refractivity contribution in [2.45, 2.75) is 19.8 Å². The summed E-state index contributed by atoms with van der Waals surface area (Å²) >= 11 is 5.93. The number of halogens is 2. The van der Waals surface area contributed by atoms with E-state index in [4.69, 9.17) is 16.1 Å². The maximum absolute atomic E-state index is 5.93. The van der Waals surface area contributed by atoms with Gasteiger partial charge in [-0.3, -0.25) is 4.99 Å². The first-order chi connectivity index (χ1) is 15.2. The first-order valence-corrected chi connectivity index (χ1v) is 10.8. The van der Waals surface area contributed by atoms with Gasteiger partial charge in [0.05, 0.1) is 6.54 Å². The van der Waals surface area contributed by atoms with Gasteiger partial charge in [0, 0.05) is 47.2 Å². The lowest BCUT2D eigenvalue weighted by Crippen LogP contribution is -2.38. The van der Waals surface area contributed by atoms with Crippen LogP contribution in [0.15, 0.2) is 64.2 Å². The van der Waals surface area contributed by atoms with Crippen LogP contribution in [0.3, 0.4) is 0 Å². The molecule has 0 saturated heterocycles. The van der Waals surface area contributed by atoms with Gasteiger partial charge in [0.15, 0.2) is 5.96 Å². The average molecular weight is 565 g/mol. The van der Waals surface area contributed by atoms with Crippen molar-refractivity contribution in [2.75, 3.05) is 19.6 Å². The highest BCUT2D eigenvalue weighted by Crippen LogP contribution is 2.19. The lowest BCUT2D eigenvalue weighted by Gasteiger charge is -2.10. The van der Waals surface area contributed by atoms with E-state index >= 15 is 0 Å². The Kier molecular flexibility index (Phi) is 8.92. The lowest BCUT2D eigenvalue weighted by atomic mass is 10.1. The third-order valence-corrected chi connectivity index (χ3v) is 5.12. The molecule has 7 nitrogen and oxygen atoms in total. The van der Waals surface area contributed by atoms with E-state index in [1.807, 2.05) is 37.3 Å². The second kappa shape index (κ2) is 11.9. The summed E-state index contributed by atoms with van der Waals surface area (Å²) in [4.78, 5) is 12.4. The first kappa shape index (κ1) is 24.1. The smallest absolute Gasteiger partial charge is 0.228 e. The van der Waals surface area contributed by atoms with Gasteiger partial charge in [0.2, 0.25) is 11.7 Å². The van der Waals surface area contributed by atoms with Gasteiger partial charge in [0.1, 0.15) is 0 Å². The predicted molar refractivity (Wildman–Crippen MR) is 140 cm³/mol. The molecule has 0 aliphatic rings. The van der Waals surface area contributed by atoms with E-state index in [0.29, 0.717) is 29.7 Å². The molecule has 0 fully saturated rings. The number of rotatable bonds is 8. The zero-order valence-corrected chi connectivity index (χ0v) is 20.9. The molecule has 4 rings (SSSR count). The van der Waals surface area contributed by atoms with Crippen molar-refractivity contribution in [3.63, 3.8) is 0 Å². The van der Waals surface area contributed by atoms with Crippen LogP contribution in [-0.2, 0) is 12.8 Å². The van der Waals surface area contributed by atoms with Gasteiger partial charge in [-0.25, -0.2) is 0 Å². The molecule has 0 amide bonds. The number of aliphatic imine (C=N–C) groups is 1. The standard InChI is InChI=1S/C23H25ClN6O.HI/c1-2-25-23(26-13-11-17-15-28-20-6-4-3-5-19(17)20)27-14-12-21-29-22(30-31-21)16-7-9-18(24)10-8-16;/h3-10,15,28H,2,11-14H2,1H3,(H2,25,26,27);1H. The summed E-state index contributed by atoms with van der Waals surface area (Å²) in [5.41, 5.74) is 3.32. The van der Waals surface area contributed by atoms with Crippen molar-refractivity contribution in [3.05, 3.63) is 71.2 Å². The third kappa shape index (κ3) is 6.23. The van der Waals surface area contributed by atoms with Gasteiger partial charge in [-0.1, -0.05) is 35.0 Å². The Labute approximate surface area is 209 Å². The highest BCUT2D eigenvalue weighted by molar-refractivity contribution is 14.0. The largest absolute Gasteiger partial charge is 0.361 e. The molecule has 4 aromatic rings. The Morgan fingerprint density at radius 2 is 1.91 bits per heavy atom. The van der Waals surface area contributed by atoms with E-state index in [0.717, 1.165) is 36.6 Å². The van der Waals surface area contributed by atoms with Crippen molar-refractivity contribution in [2.24, 2.45) is 4.99 Å². The predicted octanol–water partition coefficient (Wildman–Crippen LogP) is 4.83. The summed E-state index contributed by atoms with van der Waals surface area (Å²) in [5, 5.41) is 12.6. The van der Waals surface area contributed by atoms with E-state index in [2.05, 4.69) is 55.1 Å². The van der Waals surface area contributed by atoms with Gasteiger partial charge < -0.3 is 20.1 Å². The summed E-state index contributed by atoms with van der Waals surface area (Å²) in [6, 6.07) is 15.7. The Morgan fingerprint density at radius 1 is 1.09 bits per heavy atom. The SMILES string of the molecule is CCNC(=NCCc1nc(-c2ccc(Cl)cc2)no1)NCCc1c[nH]c2ccccc12.I. The maximum Gasteiger partial charge on any atom is 0.228 e. The average Bonchev–Trinajstić information content (AvgIpc) is 3.42. The van der Waals surface area contributed by atoms with E-state index in [1.54, 1.807) is 0 Å². The fourth-order valence-electron chi connectivity index (χ4n) is 3.33. The first-order valence-electron chi connectivity index (χ1n) is 10.4. The normalized spacial score (nSPS) is 11.4.